The predicted molar refractivity (Wildman–Crippen MR) is 78.8 cm³/mol. The van der Waals surface area contributed by atoms with Crippen LogP contribution in [0.25, 0.3) is 0 Å². The van der Waals surface area contributed by atoms with Crippen molar-refractivity contribution in [1.82, 2.24) is 9.80 Å². The summed E-state index contributed by atoms with van der Waals surface area (Å²) in [5.74, 6) is 2.88. The van der Waals surface area contributed by atoms with E-state index in [2.05, 4.69) is 30.6 Å². The van der Waals surface area contributed by atoms with Crippen LogP contribution in [0.15, 0.2) is 0 Å². The van der Waals surface area contributed by atoms with Crippen LogP contribution in [0.3, 0.4) is 0 Å². The maximum Gasteiger partial charge on any atom is 0.00107 e. The molecule has 0 aliphatic carbocycles. The largest absolute Gasteiger partial charge is 0.304 e. The molecule has 2 heteroatoms. The van der Waals surface area contributed by atoms with E-state index < -0.39 is 0 Å². The molecule has 106 valence electrons. The Labute approximate surface area is 114 Å². The fraction of sp³-hybridized carbons (Fsp3) is 1.00. The quantitative estimate of drug-likeness (QED) is 0.758. The predicted octanol–water partition coefficient (Wildman–Crippen LogP) is 3.09. The zero-order valence-electron chi connectivity index (χ0n) is 12.7. The number of hydrogen-bond acceptors (Lipinski definition) is 2. The van der Waals surface area contributed by atoms with Crippen LogP contribution in [-0.2, 0) is 0 Å². The summed E-state index contributed by atoms with van der Waals surface area (Å²) >= 11 is 0. The van der Waals surface area contributed by atoms with Gasteiger partial charge in [-0.3, -0.25) is 0 Å². The van der Waals surface area contributed by atoms with E-state index in [1.165, 1.54) is 65.0 Å². The van der Waals surface area contributed by atoms with Crippen LogP contribution >= 0.6 is 0 Å². The van der Waals surface area contributed by atoms with Crippen LogP contribution in [0.5, 0.6) is 0 Å². The second-order valence-corrected chi connectivity index (χ2v) is 6.57. The summed E-state index contributed by atoms with van der Waals surface area (Å²) in [4.78, 5) is 5.35. The summed E-state index contributed by atoms with van der Waals surface area (Å²) in [6, 6.07) is 0. The van der Waals surface area contributed by atoms with Crippen LogP contribution in [0.2, 0.25) is 0 Å². The Balaban J connectivity index is 1.71. The molecule has 2 nitrogen and oxygen atoms in total. The third kappa shape index (κ3) is 3.71. The van der Waals surface area contributed by atoms with E-state index in [-0.39, 0.29) is 0 Å². The molecule has 18 heavy (non-hydrogen) atoms. The Morgan fingerprint density at radius 2 is 1.61 bits per heavy atom. The minimum Gasteiger partial charge on any atom is -0.304 e. The van der Waals surface area contributed by atoms with Crippen molar-refractivity contribution < 1.29 is 0 Å². The lowest BCUT2D eigenvalue weighted by Crippen LogP contribution is -2.44. The van der Waals surface area contributed by atoms with Crippen molar-refractivity contribution in [3.05, 3.63) is 0 Å². The van der Waals surface area contributed by atoms with Gasteiger partial charge in [-0.25, -0.2) is 0 Å². The molecule has 0 aromatic carbocycles. The average Bonchev–Trinajstić information content (AvgIpc) is 2.40. The van der Waals surface area contributed by atoms with Crippen molar-refractivity contribution in [2.75, 3.05) is 39.3 Å². The monoisotopic (exact) mass is 252 g/mol. The molecular formula is C16H32N2. The molecule has 2 heterocycles. The zero-order valence-corrected chi connectivity index (χ0v) is 12.7. The molecule has 0 unspecified atom stereocenters. The van der Waals surface area contributed by atoms with E-state index in [4.69, 9.17) is 0 Å². The van der Waals surface area contributed by atoms with Crippen LogP contribution in [0.1, 0.15) is 46.5 Å². The summed E-state index contributed by atoms with van der Waals surface area (Å²) in [6.07, 6.45) is 5.67. The van der Waals surface area contributed by atoms with Gasteiger partial charge in [0.05, 0.1) is 0 Å². The number of nitrogens with zero attached hydrogens (tertiary/aromatic N) is 2. The van der Waals surface area contributed by atoms with Gasteiger partial charge < -0.3 is 9.80 Å². The van der Waals surface area contributed by atoms with Crippen molar-refractivity contribution >= 4 is 0 Å². The molecule has 0 saturated carbocycles. The molecule has 0 N–H and O–H groups in total. The standard InChI is InChI=1S/C16H32N2/c1-4-16-8-11-18(12-14(16)3)13-15-6-9-17(5-2)10-7-15/h14-16H,4-13H2,1-3H3/t14-,16-/m0/s1. The summed E-state index contributed by atoms with van der Waals surface area (Å²) in [6.45, 7) is 15.1. The topological polar surface area (TPSA) is 6.48 Å². The highest BCUT2D eigenvalue weighted by Crippen LogP contribution is 2.27. The maximum absolute atomic E-state index is 2.75. The minimum absolute atomic E-state index is 0.916. The first-order valence-corrected chi connectivity index (χ1v) is 8.17. The van der Waals surface area contributed by atoms with Gasteiger partial charge in [0.15, 0.2) is 0 Å². The van der Waals surface area contributed by atoms with Gasteiger partial charge in [0, 0.05) is 13.1 Å². The van der Waals surface area contributed by atoms with Crippen LogP contribution in [-0.4, -0.2) is 49.1 Å². The highest BCUT2D eigenvalue weighted by molar-refractivity contribution is 4.80. The highest BCUT2D eigenvalue weighted by atomic mass is 15.2. The van der Waals surface area contributed by atoms with Gasteiger partial charge in [-0.15, -0.1) is 0 Å². The average molecular weight is 252 g/mol. The molecule has 2 rings (SSSR count). The summed E-state index contributed by atoms with van der Waals surface area (Å²) in [5.41, 5.74) is 0. The fourth-order valence-electron chi connectivity index (χ4n) is 3.90. The summed E-state index contributed by atoms with van der Waals surface area (Å²) in [7, 11) is 0. The Bertz CT molecular complexity index is 233. The van der Waals surface area contributed by atoms with Gasteiger partial charge in [0.1, 0.15) is 0 Å². The number of rotatable bonds is 4. The lowest BCUT2D eigenvalue weighted by Gasteiger charge is -2.40. The number of hydrogen-bond donors (Lipinski definition) is 0. The van der Waals surface area contributed by atoms with Crippen molar-refractivity contribution in [2.24, 2.45) is 17.8 Å². The molecule has 0 aromatic rings. The highest BCUT2D eigenvalue weighted by Gasteiger charge is 2.27. The normalized spacial score (nSPS) is 32.8. The molecular weight excluding hydrogens is 220 g/mol. The first kappa shape index (κ1) is 14.3. The molecule has 2 fully saturated rings. The minimum atomic E-state index is 0.916. The fourth-order valence-corrected chi connectivity index (χ4v) is 3.90. The molecule has 2 atom stereocenters. The van der Waals surface area contributed by atoms with Crippen molar-refractivity contribution in [3.63, 3.8) is 0 Å². The molecule has 0 amide bonds. The Morgan fingerprint density at radius 3 is 2.17 bits per heavy atom. The van der Waals surface area contributed by atoms with Gasteiger partial charge in [0.25, 0.3) is 0 Å². The molecule has 0 spiro atoms. The molecule has 2 aliphatic heterocycles. The van der Waals surface area contributed by atoms with Crippen LogP contribution in [0.4, 0.5) is 0 Å². The van der Waals surface area contributed by atoms with Gasteiger partial charge in [0.2, 0.25) is 0 Å². The summed E-state index contributed by atoms with van der Waals surface area (Å²) < 4.78 is 0. The van der Waals surface area contributed by atoms with E-state index in [1.54, 1.807) is 0 Å². The Kier molecular flexibility index (Phi) is 5.50. The molecule has 2 aliphatic rings. The molecule has 2 saturated heterocycles. The Hall–Kier alpha value is -0.0800. The SMILES string of the molecule is CC[C@H]1CCN(CC2CCN(CC)CC2)C[C@@H]1C. The van der Waals surface area contributed by atoms with Gasteiger partial charge in [-0.2, -0.15) is 0 Å². The van der Waals surface area contributed by atoms with Gasteiger partial charge in [-0.1, -0.05) is 27.2 Å². The number of piperidine rings is 2. The third-order valence-corrected chi connectivity index (χ3v) is 5.36. The van der Waals surface area contributed by atoms with E-state index in [1.807, 2.05) is 0 Å². The third-order valence-electron chi connectivity index (χ3n) is 5.36. The maximum atomic E-state index is 2.75. The van der Waals surface area contributed by atoms with Crippen molar-refractivity contribution in [2.45, 2.75) is 46.5 Å². The van der Waals surface area contributed by atoms with Crippen molar-refractivity contribution in [1.29, 1.82) is 0 Å². The van der Waals surface area contributed by atoms with E-state index >= 15 is 0 Å². The summed E-state index contributed by atoms with van der Waals surface area (Å²) in [5, 5.41) is 0. The van der Waals surface area contributed by atoms with E-state index in [9.17, 15) is 0 Å². The smallest absolute Gasteiger partial charge is 0.00107 e. The molecule has 0 bridgehead atoms. The van der Waals surface area contributed by atoms with Crippen LogP contribution in [0, 0.1) is 17.8 Å². The van der Waals surface area contributed by atoms with E-state index in [0.29, 0.717) is 0 Å². The first-order chi connectivity index (χ1) is 8.72. The van der Waals surface area contributed by atoms with E-state index in [0.717, 1.165) is 17.8 Å². The molecule has 0 radical (unpaired) electrons. The van der Waals surface area contributed by atoms with Gasteiger partial charge >= 0.3 is 0 Å². The lowest BCUT2D eigenvalue weighted by atomic mass is 9.84. The van der Waals surface area contributed by atoms with Crippen molar-refractivity contribution in [3.8, 4) is 0 Å². The molecule has 0 aromatic heterocycles. The second-order valence-electron chi connectivity index (χ2n) is 6.57. The lowest BCUT2D eigenvalue weighted by molar-refractivity contribution is 0.0894. The van der Waals surface area contributed by atoms with Crippen LogP contribution < -0.4 is 0 Å². The first-order valence-electron chi connectivity index (χ1n) is 8.17. The number of likely N-dealkylation sites (tertiary alicyclic amines) is 2. The zero-order chi connectivity index (χ0) is 13.0. The second kappa shape index (κ2) is 6.91. The van der Waals surface area contributed by atoms with Gasteiger partial charge in [-0.05, 0) is 63.2 Å². The Morgan fingerprint density at radius 1 is 0.944 bits per heavy atom.